The Bertz CT molecular complexity index is 1190. The average molecular weight is 486 g/mol. The van der Waals surface area contributed by atoms with Crippen molar-refractivity contribution in [2.45, 2.75) is 39.7 Å². The van der Waals surface area contributed by atoms with Gasteiger partial charge in [-0.05, 0) is 43.9 Å². The van der Waals surface area contributed by atoms with Crippen molar-refractivity contribution in [2.24, 2.45) is 10.9 Å². The van der Waals surface area contributed by atoms with E-state index in [-0.39, 0.29) is 11.7 Å². The summed E-state index contributed by atoms with van der Waals surface area (Å²) in [4.78, 5) is 16.6. The van der Waals surface area contributed by atoms with Gasteiger partial charge in [-0.25, -0.2) is 4.99 Å². The number of benzene rings is 2. The smallest absolute Gasteiger partial charge is 0.294 e. The van der Waals surface area contributed by atoms with E-state index in [0.29, 0.717) is 33.7 Å². The van der Waals surface area contributed by atoms with Gasteiger partial charge < -0.3 is 18.8 Å². The summed E-state index contributed by atoms with van der Waals surface area (Å²) in [6.45, 7) is 6.54. The van der Waals surface area contributed by atoms with Gasteiger partial charge in [0.2, 0.25) is 5.75 Å². The van der Waals surface area contributed by atoms with Crippen LogP contribution in [-0.4, -0.2) is 30.8 Å². The van der Waals surface area contributed by atoms with Gasteiger partial charge >= 0.3 is 0 Å². The van der Waals surface area contributed by atoms with Gasteiger partial charge in [0.15, 0.2) is 16.3 Å². The molecule has 0 fully saturated rings. The third kappa shape index (κ3) is 5.41. The van der Waals surface area contributed by atoms with Crippen LogP contribution in [0.3, 0.4) is 0 Å². The number of hydrogen-bond donors (Lipinski definition) is 0. The molecule has 2 aromatic carbocycles. The van der Waals surface area contributed by atoms with E-state index in [2.05, 4.69) is 25.3 Å². The lowest BCUT2D eigenvalue weighted by atomic mass is 10.0. The monoisotopic (exact) mass is 485 g/mol. The number of rotatable bonds is 10. The molecule has 1 atom stereocenters. The number of ether oxygens (including phenoxy) is 3. The molecule has 0 N–H and O–H groups in total. The number of hydrogen-bond acceptors (Lipinski definition) is 7. The molecule has 8 nitrogen and oxygen atoms in total. The van der Waals surface area contributed by atoms with Crippen molar-refractivity contribution in [1.29, 1.82) is 0 Å². The quantitative estimate of drug-likeness (QED) is 0.246. The van der Waals surface area contributed by atoms with E-state index in [1.165, 1.54) is 17.4 Å². The maximum absolute atomic E-state index is 11.5. The normalized spacial score (nSPS) is 12.6. The fourth-order valence-electron chi connectivity index (χ4n) is 3.79. The largest absolute Gasteiger partial charge is 0.493 e. The Morgan fingerprint density at radius 3 is 2.24 bits per heavy atom. The van der Waals surface area contributed by atoms with Crippen LogP contribution in [0, 0.1) is 16.0 Å². The predicted molar refractivity (Wildman–Crippen MR) is 135 cm³/mol. The molecule has 182 valence electrons. The van der Waals surface area contributed by atoms with Gasteiger partial charge in [-0.1, -0.05) is 26.0 Å². The topological polar surface area (TPSA) is 88.1 Å². The zero-order chi connectivity index (χ0) is 24.8. The van der Waals surface area contributed by atoms with Crippen molar-refractivity contribution < 1.29 is 19.1 Å². The lowest BCUT2D eigenvalue weighted by molar-refractivity contribution is -0.384. The first-order valence-electron chi connectivity index (χ1n) is 11.1. The third-order valence-corrected chi connectivity index (χ3v) is 6.44. The van der Waals surface area contributed by atoms with E-state index in [4.69, 9.17) is 19.2 Å². The van der Waals surface area contributed by atoms with Gasteiger partial charge in [0.05, 0.1) is 31.9 Å². The number of nitro benzene ring substituents is 1. The SMILES string of the molecule is COc1cc(-c2csc(=Nc3ccccc3[N+](=O)[O-])n2C(C)CCC(C)C)cc(OC)c1OC. The molecular weight excluding hydrogens is 454 g/mol. The molecule has 1 heterocycles. The molecular formula is C25H31N3O5S. The fraction of sp³-hybridized carbons (Fsp3) is 0.400. The summed E-state index contributed by atoms with van der Waals surface area (Å²) in [5.41, 5.74) is 2.12. The van der Waals surface area contributed by atoms with Crippen LogP contribution < -0.4 is 19.0 Å². The molecule has 0 bridgehead atoms. The minimum absolute atomic E-state index is 0.0216. The van der Waals surface area contributed by atoms with Gasteiger partial charge in [-0.3, -0.25) is 10.1 Å². The zero-order valence-corrected chi connectivity index (χ0v) is 21.2. The van der Waals surface area contributed by atoms with Gasteiger partial charge in [-0.15, -0.1) is 11.3 Å². The first-order chi connectivity index (χ1) is 16.3. The van der Waals surface area contributed by atoms with Crippen molar-refractivity contribution in [2.75, 3.05) is 21.3 Å². The van der Waals surface area contributed by atoms with Crippen LogP contribution in [0.5, 0.6) is 17.2 Å². The second-order valence-electron chi connectivity index (χ2n) is 8.37. The first-order valence-corrected chi connectivity index (χ1v) is 12.0. The maximum atomic E-state index is 11.5. The Labute approximate surface area is 203 Å². The molecule has 1 aromatic heterocycles. The first kappa shape index (κ1) is 25.3. The third-order valence-electron chi connectivity index (χ3n) is 5.60. The minimum Gasteiger partial charge on any atom is -0.493 e. The van der Waals surface area contributed by atoms with Crippen molar-refractivity contribution in [3.63, 3.8) is 0 Å². The Hall–Kier alpha value is -3.33. The highest BCUT2D eigenvalue weighted by Gasteiger charge is 2.20. The summed E-state index contributed by atoms with van der Waals surface area (Å²) >= 11 is 1.45. The van der Waals surface area contributed by atoms with E-state index in [1.807, 2.05) is 17.5 Å². The van der Waals surface area contributed by atoms with Crippen LogP contribution >= 0.6 is 11.3 Å². The molecule has 0 saturated carbocycles. The summed E-state index contributed by atoms with van der Waals surface area (Å²) in [7, 11) is 4.75. The van der Waals surface area contributed by atoms with Crippen molar-refractivity contribution >= 4 is 22.7 Å². The molecule has 0 saturated heterocycles. The molecule has 3 rings (SSSR count). The molecule has 3 aromatic rings. The van der Waals surface area contributed by atoms with Crippen LogP contribution in [0.4, 0.5) is 11.4 Å². The number of para-hydroxylation sites is 2. The number of aromatic nitrogens is 1. The van der Waals surface area contributed by atoms with E-state index >= 15 is 0 Å². The Morgan fingerprint density at radius 1 is 1.03 bits per heavy atom. The van der Waals surface area contributed by atoms with E-state index in [9.17, 15) is 10.1 Å². The molecule has 0 radical (unpaired) electrons. The second kappa shape index (κ2) is 11.2. The second-order valence-corrected chi connectivity index (χ2v) is 9.20. The standard InChI is InChI=1S/C25H31N3O5S/c1-16(2)11-12-17(3)27-21(18-13-22(31-4)24(33-6)23(14-18)32-5)15-34-25(27)26-19-9-7-8-10-20(19)28(29)30/h7-10,13-17H,11-12H2,1-6H3. The molecule has 9 heteroatoms. The highest BCUT2D eigenvalue weighted by molar-refractivity contribution is 7.07. The van der Waals surface area contributed by atoms with Crippen LogP contribution in [-0.2, 0) is 0 Å². The highest BCUT2D eigenvalue weighted by atomic mass is 32.1. The van der Waals surface area contributed by atoms with Crippen LogP contribution in [0.15, 0.2) is 46.8 Å². The van der Waals surface area contributed by atoms with Crippen LogP contribution in [0.25, 0.3) is 11.3 Å². The zero-order valence-electron chi connectivity index (χ0n) is 20.4. The average Bonchev–Trinajstić information content (AvgIpc) is 3.25. The van der Waals surface area contributed by atoms with Crippen molar-refractivity contribution in [3.05, 3.63) is 56.7 Å². The fourth-order valence-corrected chi connectivity index (χ4v) is 4.80. The number of nitrogens with zero attached hydrogens (tertiary/aromatic N) is 3. The van der Waals surface area contributed by atoms with Crippen LogP contribution in [0.2, 0.25) is 0 Å². The summed E-state index contributed by atoms with van der Waals surface area (Å²) in [5.74, 6) is 2.19. The molecule has 0 aliphatic carbocycles. The summed E-state index contributed by atoms with van der Waals surface area (Å²) in [6.07, 6.45) is 1.99. The lowest BCUT2D eigenvalue weighted by Gasteiger charge is -2.20. The maximum Gasteiger partial charge on any atom is 0.294 e. The Morgan fingerprint density at radius 2 is 1.68 bits per heavy atom. The molecule has 0 amide bonds. The molecule has 0 spiro atoms. The minimum atomic E-state index is -0.404. The van der Waals surface area contributed by atoms with Gasteiger partial charge in [0.25, 0.3) is 5.69 Å². The molecule has 0 aliphatic heterocycles. The molecule has 0 aliphatic rings. The summed E-state index contributed by atoms with van der Waals surface area (Å²) in [6, 6.07) is 10.5. The van der Waals surface area contributed by atoms with Gasteiger partial charge in [0, 0.05) is 23.1 Å². The Kier molecular flexibility index (Phi) is 8.33. The van der Waals surface area contributed by atoms with Gasteiger partial charge in [-0.2, -0.15) is 0 Å². The number of thiazole rings is 1. The van der Waals surface area contributed by atoms with Crippen LogP contribution in [0.1, 0.15) is 39.7 Å². The number of methoxy groups -OCH3 is 3. The van der Waals surface area contributed by atoms with E-state index < -0.39 is 4.92 Å². The predicted octanol–water partition coefficient (Wildman–Crippen LogP) is 6.38. The van der Waals surface area contributed by atoms with Gasteiger partial charge in [0.1, 0.15) is 5.69 Å². The summed E-state index contributed by atoms with van der Waals surface area (Å²) < 4.78 is 18.7. The molecule has 1 unspecified atom stereocenters. The molecule has 34 heavy (non-hydrogen) atoms. The van der Waals surface area contributed by atoms with E-state index in [0.717, 1.165) is 24.1 Å². The summed E-state index contributed by atoms with van der Waals surface area (Å²) in [5, 5.41) is 13.6. The van der Waals surface area contributed by atoms with Crippen molar-refractivity contribution in [1.82, 2.24) is 4.57 Å². The van der Waals surface area contributed by atoms with E-state index in [1.54, 1.807) is 39.5 Å². The Balaban J connectivity index is 2.24. The highest BCUT2D eigenvalue weighted by Crippen LogP contribution is 2.42. The lowest BCUT2D eigenvalue weighted by Crippen LogP contribution is -2.20. The number of nitro groups is 1. The van der Waals surface area contributed by atoms with Crippen molar-refractivity contribution in [3.8, 4) is 28.5 Å².